The van der Waals surface area contributed by atoms with Gasteiger partial charge in [0.1, 0.15) is 6.10 Å². The van der Waals surface area contributed by atoms with Crippen LogP contribution in [0.4, 0.5) is 0 Å². The lowest BCUT2D eigenvalue weighted by Crippen LogP contribution is -2.41. The van der Waals surface area contributed by atoms with E-state index in [-0.39, 0.29) is 17.2 Å². The van der Waals surface area contributed by atoms with Gasteiger partial charge in [-0.3, -0.25) is 0 Å². The summed E-state index contributed by atoms with van der Waals surface area (Å²) >= 11 is 3.43. The zero-order valence-corrected chi connectivity index (χ0v) is 17.3. The van der Waals surface area contributed by atoms with Crippen LogP contribution < -0.4 is 0 Å². The Hall–Kier alpha value is -0.203. The molecule has 0 bridgehead atoms. The quantitative estimate of drug-likeness (QED) is 0.463. The molecule has 1 aromatic carbocycles. The molecule has 3 nitrogen and oxygen atoms in total. The summed E-state index contributed by atoms with van der Waals surface area (Å²) in [6.45, 7) is 13.0. The van der Waals surface area contributed by atoms with Crippen LogP contribution in [0.3, 0.4) is 0 Å². The van der Waals surface area contributed by atoms with Gasteiger partial charge in [0, 0.05) is 17.5 Å². The van der Waals surface area contributed by atoms with E-state index in [2.05, 4.69) is 68.3 Å². The van der Waals surface area contributed by atoms with Crippen molar-refractivity contribution in [1.29, 1.82) is 0 Å². The molecule has 0 N–H and O–H groups in total. The predicted octanol–water partition coefficient (Wildman–Crippen LogP) is 4.84. The molecule has 0 saturated carbocycles. The normalized spacial score (nSPS) is 21.5. The van der Waals surface area contributed by atoms with Crippen LogP contribution in [-0.4, -0.2) is 33.7 Å². The van der Waals surface area contributed by atoms with E-state index < -0.39 is 8.32 Å². The van der Waals surface area contributed by atoms with Crippen LogP contribution in [0, 0.1) is 6.42 Å². The monoisotopic (exact) mass is 398 g/mol. The Kier molecular flexibility index (Phi) is 6.47. The Labute approximate surface area is 150 Å². The van der Waals surface area contributed by atoms with Crippen molar-refractivity contribution in [2.75, 3.05) is 13.2 Å². The summed E-state index contributed by atoms with van der Waals surface area (Å²) in [7, 11) is -1.69. The lowest BCUT2D eigenvalue weighted by Gasteiger charge is -2.36. The second-order valence-electron chi connectivity index (χ2n) is 7.49. The van der Waals surface area contributed by atoms with Gasteiger partial charge in [-0.15, -0.1) is 0 Å². The first-order chi connectivity index (χ1) is 10.7. The number of hydrogen-bond donors (Lipinski definition) is 0. The van der Waals surface area contributed by atoms with Gasteiger partial charge in [0.15, 0.2) is 8.32 Å². The van der Waals surface area contributed by atoms with Gasteiger partial charge in [0.2, 0.25) is 0 Å². The van der Waals surface area contributed by atoms with Gasteiger partial charge in [0.25, 0.3) is 0 Å². The van der Waals surface area contributed by atoms with Gasteiger partial charge in [-0.05, 0) is 35.8 Å². The molecule has 1 saturated heterocycles. The Morgan fingerprint density at radius 2 is 1.87 bits per heavy atom. The van der Waals surface area contributed by atoms with Gasteiger partial charge < -0.3 is 13.9 Å². The van der Waals surface area contributed by atoms with Crippen molar-refractivity contribution >= 4 is 24.2 Å². The first-order valence-electron chi connectivity index (χ1n) is 8.04. The Morgan fingerprint density at radius 1 is 1.22 bits per heavy atom. The van der Waals surface area contributed by atoms with Crippen molar-refractivity contribution < 1.29 is 13.9 Å². The maximum atomic E-state index is 6.08. The number of halogens is 1. The maximum absolute atomic E-state index is 6.08. The fraction of sp³-hybridized carbons (Fsp3) is 0.611. The lowest BCUT2D eigenvalue weighted by atomic mass is 10.2. The molecule has 128 valence electrons. The molecule has 2 atom stereocenters. The fourth-order valence-corrected chi connectivity index (χ4v) is 2.99. The van der Waals surface area contributed by atoms with E-state index in [1.807, 2.05) is 12.1 Å². The molecule has 2 rings (SSSR count). The van der Waals surface area contributed by atoms with Crippen molar-refractivity contribution in [1.82, 2.24) is 0 Å². The van der Waals surface area contributed by atoms with E-state index in [1.165, 1.54) is 5.56 Å². The van der Waals surface area contributed by atoms with Gasteiger partial charge in [0.05, 0.1) is 19.3 Å². The predicted molar refractivity (Wildman–Crippen MR) is 98.9 cm³/mol. The highest BCUT2D eigenvalue weighted by Crippen LogP contribution is 2.37. The number of epoxide rings is 1. The SMILES string of the molecule is CC(C)(C)[Si](C)(C)OC[C][C@@H]1O[C@@H]1COCc1ccc(Br)cc1. The average Bonchev–Trinajstić information content (AvgIpc) is 3.18. The molecule has 2 radical (unpaired) electrons. The molecular formula is C18H27BrO3Si. The highest BCUT2D eigenvalue weighted by Gasteiger charge is 2.41. The molecule has 23 heavy (non-hydrogen) atoms. The summed E-state index contributed by atoms with van der Waals surface area (Å²) in [5.74, 6) is 0. The third kappa shape index (κ3) is 5.98. The standard InChI is InChI=1S/C18H27BrO3Si/c1-18(2,3)23(4,5)21-11-10-16-17(22-16)13-20-12-14-6-8-15(19)9-7-14/h6-9,16-17H,11-13H2,1-5H3/t16-,17+/m0/s1. The molecule has 0 aromatic heterocycles. The lowest BCUT2D eigenvalue weighted by molar-refractivity contribution is 0.104. The third-order valence-electron chi connectivity index (χ3n) is 4.57. The van der Waals surface area contributed by atoms with Crippen molar-refractivity contribution in [2.24, 2.45) is 0 Å². The molecule has 1 aliphatic rings. The molecule has 1 aliphatic heterocycles. The first kappa shape index (κ1) is 19.1. The van der Waals surface area contributed by atoms with E-state index in [0.29, 0.717) is 19.8 Å². The topological polar surface area (TPSA) is 31.0 Å². The minimum atomic E-state index is -1.69. The van der Waals surface area contributed by atoms with Crippen molar-refractivity contribution in [3.63, 3.8) is 0 Å². The molecule has 0 spiro atoms. The van der Waals surface area contributed by atoms with Crippen molar-refractivity contribution in [3.05, 3.63) is 40.7 Å². The minimum Gasteiger partial charge on any atom is -0.416 e. The van der Waals surface area contributed by atoms with Gasteiger partial charge in [-0.2, -0.15) is 0 Å². The summed E-state index contributed by atoms with van der Waals surface area (Å²) in [6.07, 6.45) is 3.49. The Bertz CT molecular complexity index is 496. The van der Waals surface area contributed by atoms with Crippen LogP contribution in [0.2, 0.25) is 18.1 Å². The highest BCUT2D eigenvalue weighted by atomic mass is 79.9. The van der Waals surface area contributed by atoms with Crippen LogP contribution in [0.5, 0.6) is 0 Å². The summed E-state index contributed by atoms with van der Waals surface area (Å²) in [5.41, 5.74) is 1.17. The maximum Gasteiger partial charge on any atom is 0.192 e. The summed E-state index contributed by atoms with van der Waals surface area (Å²) in [6, 6.07) is 8.16. The second-order valence-corrected chi connectivity index (χ2v) is 13.2. The molecule has 1 fully saturated rings. The number of benzene rings is 1. The van der Waals surface area contributed by atoms with E-state index in [9.17, 15) is 0 Å². The van der Waals surface area contributed by atoms with Crippen molar-refractivity contribution in [2.45, 2.75) is 57.7 Å². The molecule has 0 amide bonds. The molecule has 0 aliphatic carbocycles. The zero-order chi connectivity index (χ0) is 17.1. The van der Waals surface area contributed by atoms with Crippen LogP contribution >= 0.6 is 15.9 Å². The van der Waals surface area contributed by atoms with Crippen LogP contribution in [0.25, 0.3) is 0 Å². The molecular weight excluding hydrogens is 372 g/mol. The number of rotatable bonds is 8. The van der Waals surface area contributed by atoms with E-state index in [1.54, 1.807) is 0 Å². The van der Waals surface area contributed by atoms with Crippen LogP contribution in [-0.2, 0) is 20.5 Å². The molecule has 5 heteroatoms. The van der Waals surface area contributed by atoms with Crippen LogP contribution in [0.15, 0.2) is 28.7 Å². The van der Waals surface area contributed by atoms with Gasteiger partial charge in [-0.25, -0.2) is 0 Å². The Balaban J connectivity index is 1.58. The first-order valence-corrected chi connectivity index (χ1v) is 11.7. The summed E-state index contributed by atoms with van der Waals surface area (Å²) < 4.78 is 18.4. The molecule has 1 aromatic rings. The van der Waals surface area contributed by atoms with Crippen molar-refractivity contribution in [3.8, 4) is 0 Å². The Morgan fingerprint density at radius 3 is 2.48 bits per heavy atom. The molecule has 0 unspecified atom stereocenters. The van der Waals surface area contributed by atoms with E-state index in [4.69, 9.17) is 13.9 Å². The summed E-state index contributed by atoms with van der Waals surface area (Å²) in [5, 5.41) is 0.228. The van der Waals surface area contributed by atoms with E-state index in [0.717, 1.165) is 4.47 Å². The number of ether oxygens (including phenoxy) is 2. The van der Waals surface area contributed by atoms with Gasteiger partial charge >= 0.3 is 0 Å². The fourth-order valence-electron chi connectivity index (χ4n) is 1.84. The van der Waals surface area contributed by atoms with Crippen LogP contribution in [0.1, 0.15) is 26.3 Å². The minimum absolute atomic E-state index is 0.0599. The van der Waals surface area contributed by atoms with Gasteiger partial charge in [-0.1, -0.05) is 48.8 Å². The second kappa shape index (κ2) is 7.79. The van der Waals surface area contributed by atoms with E-state index >= 15 is 0 Å². The highest BCUT2D eigenvalue weighted by molar-refractivity contribution is 9.10. The third-order valence-corrected chi connectivity index (χ3v) is 9.58. The summed E-state index contributed by atoms with van der Waals surface area (Å²) in [4.78, 5) is 0. The smallest absolute Gasteiger partial charge is 0.192 e. The average molecular weight is 399 g/mol. The largest absolute Gasteiger partial charge is 0.416 e. The zero-order valence-electron chi connectivity index (χ0n) is 14.7. The number of hydrogen-bond acceptors (Lipinski definition) is 3. The molecule has 1 heterocycles.